The van der Waals surface area contributed by atoms with Crippen molar-refractivity contribution in [2.45, 2.75) is 44.1 Å². The van der Waals surface area contributed by atoms with Crippen LogP contribution in [0.1, 0.15) is 30.7 Å². The highest BCUT2D eigenvalue weighted by Crippen LogP contribution is 2.24. The van der Waals surface area contributed by atoms with Gasteiger partial charge in [0.2, 0.25) is 0 Å². The Balaban J connectivity index is 1.87. The van der Waals surface area contributed by atoms with Crippen LogP contribution in [0.3, 0.4) is 0 Å². The maximum absolute atomic E-state index is 6.19. The van der Waals surface area contributed by atoms with Gasteiger partial charge in [0.1, 0.15) is 0 Å². The lowest BCUT2D eigenvalue weighted by molar-refractivity contribution is 0.523. The van der Waals surface area contributed by atoms with Crippen molar-refractivity contribution in [3.63, 3.8) is 0 Å². The summed E-state index contributed by atoms with van der Waals surface area (Å²) in [6.45, 7) is 2.85. The molecule has 2 atom stereocenters. The first-order chi connectivity index (χ1) is 7.25. The normalized spacial score (nSPS) is 25.7. The van der Waals surface area contributed by atoms with E-state index < -0.39 is 0 Å². The van der Waals surface area contributed by atoms with Gasteiger partial charge in [0.15, 0.2) is 0 Å². The second kappa shape index (κ2) is 4.95. The molecule has 1 aromatic rings. The minimum Gasteiger partial charge on any atom is -0.307 e. The predicted molar refractivity (Wildman–Crippen MR) is 63.1 cm³/mol. The van der Waals surface area contributed by atoms with Crippen LogP contribution in [0.15, 0.2) is 18.2 Å². The highest BCUT2D eigenvalue weighted by atomic mass is 35.5. The summed E-state index contributed by atoms with van der Waals surface area (Å²) >= 11 is 6.19. The summed E-state index contributed by atoms with van der Waals surface area (Å²) in [5.41, 5.74) is 2.17. The van der Waals surface area contributed by atoms with Gasteiger partial charge in [0.25, 0.3) is 0 Å². The molecule has 3 heteroatoms. The Morgan fingerprint density at radius 3 is 3.00 bits per heavy atom. The Morgan fingerprint density at radius 1 is 1.47 bits per heavy atom. The second-order valence-corrected chi connectivity index (χ2v) is 4.77. The van der Waals surface area contributed by atoms with Gasteiger partial charge in [-0.3, -0.25) is 4.98 Å². The molecule has 1 heterocycles. The Labute approximate surface area is 96.1 Å². The topological polar surface area (TPSA) is 24.9 Å². The molecule has 1 aliphatic carbocycles. The van der Waals surface area contributed by atoms with Gasteiger partial charge in [-0.15, -0.1) is 11.6 Å². The number of hydrogen-bond acceptors (Lipinski definition) is 2. The van der Waals surface area contributed by atoms with Crippen LogP contribution in [0.4, 0.5) is 0 Å². The Morgan fingerprint density at radius 2 is 2.33 bits per heavy atom. The van der Waals surface area contributed by atoms with Crippen molar-refractivity contribution in [3.8, 4) is 0 Å². The molecule has 0 radical (unpaired) electrons. The molecule has 0 amide bonds. The van der Waals surface area contributed by atoms with Crippen molar-refractivity contribution in [1.29, 1.82) is 0 Å². The van der Waals surface area contributed by atoms with Crippen LogP contribution < -0.4 is 5.32 Å². The average Bonchev–Trinajstić information content (AvgIpc) is 2.61. The van der Waals surface area contributed by atoms with Gasteiger partial charge in [0, 0.05) is 23.7 Å². The van der Waals surface area contributed by atoms with E-state index in [-0.39, 0.29) is 0 Å². The number of aryl methyl sites for hydroxylation is 1. The molecule has 0 aliphatic heterocycles. The van der Waals surface area contributed by atoms with Crippen LogP contribution in [0.25, 0.3) is 0 Å². The fraction of sp³-hybridized carbons (Fsp3) is 0.583. The molecule has 0 bridgehead atoms. The molecule has 82 valence electrons. The smallest absolute Gasteiger partial charge is 0.0544 e. The van der Waals surface area contributed by atoms with E-state index in [1.54, 1.807) is 0 Å². The average molecular weight is 225 g/mol. The van der Waals surface area contributed by atoms with Crippen LogP contribution in [-0.4, -0.2) is 16.4 Å². The summed E-state index contributed by atoms with van der Waals surface area (Å²) in [7, 11) is 0. The standard InChI is InChI=1S/C12H17ClN2/c1-9-4-2-5-10(15-9)8-14-12-7-3-6-11(12)13/h2,4-5,11-12,14H,3,6-8H2,1H3. The number of halogens is 1. The molecule has 0 aromatic carbocycles. The summed E-state index contributed by atoms with van der Waals surface area (Å²) in [5.74, 6) is 0. The van der Waals surface area contributed by atoms with Crippen LogP contribution in [0.2, 0.25) is 0 Å². The van der Waals surface area contributed by atoms with Crippen LogP contribution in [0, 0.1) is 6.92 Å². The van der Waals surface area contributed by atoms with Crippen LogP contribution >= 0.6 is 11.6 Å². The number of aromatic nitrogens is 1. The Hall–Kier alpha value is -0.600. The van der Waals surface area contributed by atoms with Gasteiger partial charge in [-0.1, -0.05) is 12.5 Å². The van der Waals surface area contributed by atoms with E-state index in [2.05, 4.69) is 16.4 Å². The third kappa shape index (κ3) is 2.93. The van der Waals surface area contributed by atoms with E-state index in [1.165, 1.54) is 12.8 Å². The molecular formula is C12H17ClN2. The van der Waals surface area contributed by atoms with E-state index in [4.69, 9.17) is 11.6 Å². The maximum atomic E-state index is 6.19. The Kier molecular flexibility index (Phi) is 3.60. The van der Waals surface area contributed by atoms with Crippen LogP contribution in [0.5, 0.6) is 0 Å². The Bertz CT molecular complexity index is 327. The highest BCUT2D eigenvalue weighted by Gasteiger charge is 2.24. The molecule has 2 rings (SSSR count). The summed E-state index contributed by atoms with van der Waals surface area (Å²) in [6, 6.07) is 6.59. The van der Waals surface area contributed by atoms with Gasteiger partial charge in [-0.05, 0) is 31.9 Å². The zero-order valence-electron chi connectivity index (χ0n) is 9.04. The monoisotopic (exact) mass is 224 g/mol. The summed E-state index contributed by atoms with van der Waals surface area (Å²) in [6.07, 6.45) is 3.58. The quantitative estimate of drug-likeness (QED) is 0.799. The molecule has 1 N–H and O–H groups in total. The fourth-order valence-corrected chi connectivity index (χ4v) is 2.45. The van der Waals surface area contributed by atoms with Crippen LogP contribution in [-0.2, 0) is 6.54 Å². The van der Waals surface area contributed by atoms with E-state index in [0.717, 1.165) is 24.4 Å². The first-order valence-corrected chi connectivity index (χ1v) is 5.99. The molecule has 1 aromatic heterocycles. The number of alkyl halides is 1. The molecule has 1 aliphatic rings. The molecular weight excluding hydrogens is 208 g/mol. The van der Waals surface area contributed by atoms with Gasteiger partial charge in [-0.2, -0.15) is 0 Å². The third-order valence-electron chi connectivity index (χ3n) is 2.92. The lowest BCUT2D eigenvalue weighted by Gasteiger charge is -2.15. The van der Waals surface area contributed by atoms with Gasteiger partial charge >= 0.3 is 0 Å². The number of hydrogen-bond donors (Lipinski definition) is 1. The van der Waals surface area contributed by atoms with Crippen molar-refractivity contribution in [1.82, 2.24) is 10.3 Å². The molecule has 2 nitrogen and oxygen atoms in total. The first kappa shape index (κ1) is 10.9. The number of pyridine rings is 1. The van der Waals surface area contributed by atoms with E-state index in [1.807, 2.05) is 19.1 Å². The third-order valence-corrected chi connectivity index (χ3v) is 3.45. The molecule has 0 saturated heterocycles. The fourth-order valence-electron chi connectivity index (χ4n) is 2.08. The molecule has 1 fully saturated rings. The SMILES string of the molecule is Cc1cccc(CNC2CCCC2Cl)n1. The van der Waals surface area contributed by atoms with Gasteiger partial charge < -0.3 is 5.32 Å². The maximum Gasteiger partial charge on any atom is 0.0544 e. The van der Waals surface area contributed by atoms with E-state index >= 15 is 0 Å². The highest BCUT2D eigenvalue weighted by molar-refractivity contribution is 6.21. The molecule has 1 saturated carbocycles. The van der Waals surface area contributed by atoms with Crippen molar-refractivity contribution in [2.75, 3.05) is 0 Å². The van der Waals surface area contributed by atoms with Gasteiger partial charge in [-0.25, -0.2) is 0 Å². The zero-order chi connectivity index (χ0) is 10.7. The summed E-state index contributed by atoms with van der Waals surface area (Å²) in [4.78, 5) is 4.45. The number of rotatable bonds is 3. The van der Waals surface area contributed by atoms with Crippen molar-refractivity contribution >= 4 is 11.6 Å². The summed E-state index contributed by atoms with van der Waals surface area (Å²) < 4.78 is 0. The van der Waals surface area contributed by atoms with Crippen molar-refractivity contribution < 1.29 is 0 Å². The summed E-state index contributed by atoms with van der Waals surface area (Å²) in [5, 5.41) is 3.78. The van der Waals surface area contributed by atoms with Crippen molar-refractivity contribution in [3.05, 3.63) is 29.6 Å². The van der Waals surface area contributed by atoms with Gasteiger partial charge in [0.05, 0.1) is 5.69 Å². The van der Waals surface area contributed by atoms with Crippen molar-refractivity contribution in [2.24, 2.45) is 0 Å². The van der Waals surface area contributed by atoms with E-state index in [0.29, 0.717) is 11.4 Å². The number of nitrogens with zero attached hydrogens (tertiary/aromatic N) is 1. The zero-order valence-corrected chi connectivity index (χ0v) is 9.80. The molecule has 2 unspecified atom stereocenters. The van der Waals surface area contributed by atoms with E-state index in [9.17, 15) is 0 Å². The molecule has 15 heavy (non-hydrogen) atoms. The largest absolute Gasteiger partial charge is 0.307 e. The first-order valence-electron chi connectivity index (χ1n) is 5.56. The second-order valence-electron chi connectivity index (χ2n) is 4.20. The lowest BCUT2D eigenvalue weighted by Crippen LogP contribution is -2.32. The minimum atomic E-state index is 0.301. The number of nitrogens with one attached hydrogen (secondary N) is 1. The predicted octanol–water partition coefficient (Wildman–Crippen LogP) is 2.64. The lowest BCUT2D eigenvalue weighted by atomic mass is 10.2. The molecule has 0 spiro atoms. The minimum absolute atomic E-state index is 0.301.